The molecule has 136 valence electrons. The summed E-state index contributed by atoms with van der Waals surface area (Å²) in [7, 11) is 1.16. The third kappa shape index (κ3) is 2.65. The number of carbonyl (C=O) groups is 4. The van der Waals surface area contributed by atoms with Crippen LogP contribution in [-0.4, -0.2) is 47.1 Å². The Morgan fingerprint density at radius 1 is 1.19 bits per heavy atom. The lowest BCUT2D eigenvalue weighted by Gasteiger charge is -2.28. The molecule has 1 aromatic rings. The minimum absolute atomic E-state index is 0.0974. The predicted octanol–water partition coefficient (Wildman–Crippen LogP) is 1.78. The molecule has 0 aliphatic carbocycles. The van der Waals surface area contributed by atoms with E-state index in [1.165, 1.54) is 25.1 Å². The number of ether oxygens (including phenoxy) is 1. The zero-order valence-electron chi connectivity index (χ0n) is 13.8. The van der Waals surface area contributed by atoms with Gasteiger partial charge in [0, 0.05) is 13.3 Å². The fraction of sp³-hybridized carbons (Fsp3) is 0.312. The highest BCUT2D eigenvalue weighted by Gasteiger charge is 2.61. The monoisotopic (exact) mass is 397 g/mol. The maximum absolute atomic E-state index is 13.1. The third-order valence-electron chi connectivity index (χ3n) is 4.26. The average molecular weight is 398 g/mol. The second-order valence-electron chi connectivity index (χ2n) is 5.89. The van der Waals surface area contributed by atoms with Gasteiger partial charge in [-0.25, -0.2) is 14.7 Å². The summed E-state index contributed by atoms with van der Waals surface area (Å²) in [4.78, 5) is 50.4. The molecule has 0 radical (unpaired) electrons. The average Bonchev–Trinajstić information content (AvgIpc) is 3.08. The van der Waals surface area contributed by atoms with Crippen molar-refractivity contribution in [2.75, 3.05) is 12.0 Å². The summed E-state index contributed by atoms with van der Waals surface area (Å²) in [5.41, 5.74) is -1.46. The second-order valence-corrected chi connectivity index (χ2v) is 6.70. The zero-order chi connectivity index (χ0) is 19.2. The summed E-state index contributed by atoms with van der Waals surface area (Å²) in [6.45, 7) is 1.20. The van der Waals surface area contributed by atoms with Crippen molar-refractivity contribution in [2.24, 2.45) is 5.10 Å². The van der Waals surface area contributed by atoms with Crippen molar-refractivity contribution in [1.82, 2.24) is 5.01 Å². The second kappa shape index (κ2) is 6.37. The summed E-state index contributed by atoms with van der Waals surface area (Å²) in [5, 5.41) is 5.25. The molecule has 1 spiro atoms. The number of hydrazone groups is 1. The van der Waals surface area contributed by atoms with Crippen LogP contribution in [0.5, 0.6) is 0 Å². The van der Waals surface area contributed by atoms with Crippen LogP contribution in [0.4, 0.5) is 5.69 Å². The van der Waals surface area contributed by atoms with Crippen molar-refractivity contribution < 1.29 is 23.9 Å². The maximum atomic E-state index is 13.1. The zero-order valence-corrected chi connectivity index (χ0v) is 15.3. The van der Waals surface area contributed by atoms with Gasteiger partial charge in [-0.05, 0) is 18.2 Å². The van der Waals surface area contributed by atoms with Crippen LogP contribution in [0.3, 0.4) is 0 Å². The molecule has 1 atom stereocenters. The highest BCUT2D eigenvalue weighted by atomic mass is 35.5. The van der Waals surface area contributed by atoms with E-state index in [0.29, 0.717) is 0 Å². The minimum atomic E-state index is -1.58. The summed E-state index contributed by atoms with van der Waals surface area (Å²) in [6.07, 6.45) is -0.517. The third-order valence-corrected chi connectivity index (χ3v) is 5.00. The number of nitrogens with zero attached hydrogens (tertiary/aromatic N) is 3. The molecule has 3 rings (SSSR count). The van der Waals surface area contributed by atoms with Gasteiger partial charge in [-0.3, -0.25) is 14.4 Å². The molecule has 2 aliphatic heterocycles. The summed E-state index contributed by atoms with van der Waals surface area (Å²) < 4.78 is 4.62. The van der Waals surface area contributed by atoms with E-state index in [2.05, 4.69) is 9.84 Å². The topological polar surface area (TPSA) is 96.3 Å². The minimum Gasteiger partial charge on any atom is -0.464 e. The lowest BCUT2D eigenvalue weighted by atomic mass is 9.91. The Morgan fingerprint density at radius 3 is 2.46 bits per heavy atom. The number of anilines is 1. The van der Waals surface area contributed by atoms with Crippen LogP contribution in [0, 0.1) is 0 Å². The number of rotatable bonds is 2. The molecule has 10 heteroatoms. The van der Waals surface area contributed by atoms with E-state index in [-0.39, 0.29) is 34.3 Å². The Kier molecular flexibility index (Phi) is 4.49. The number of carbonyl (C=O) groups excluding carboxylic acids is 4. The van der Waals surface area contributed by atoms with Crippen molar-refractivity contribution in [3.8, 4) is 0 Å². The number of halogens is 2. The van der Waals surface area contributed by atoms with Gasteiger partial charge in [-0.2, -0.15) is 5.10 Å². The van der Waals surface area contributed by atoms with Crippen molar-refractivity contribution in [2.45, 2.75) is 25.3 Å². The first-order valence-electron chi connectivity index (χ1n) is 7.50. The molecule has 1 fully saturated rings. The lowest BCUT2D eigenvalue weighted by Crippen LogP contribution is -2.51. The highest BCUT2D eigenvalue weighted by molar-refractivity contribution is 6.42. The normalized spacial score (nSPS) is 22.2. The van der Waals surface area contributed by atoms with E-state index in [1.807, 2.05) is 0 Å². The standard InChI is InChI=1S/C16H13Cl2N3O5/c1-8(22)21-16(6-12(19-21)14(24)26-2)7-13(23)20(15(16)25)9-3-4-10(17)11(18)5-9/h3-5H,6-7H2,1-2H3/t16-/m1/s1. The maximum Gasteiger partial charge on any atom is 0.354 e. The van der Waals surface area contributed by atoms with Crippen molar-refractivity contribution >= 4 is 58.3 Å². The van der Waals surface area contributed by atoms with Gasteiger partial charge < -0.3 is 4.74 Å². The molecule has 2 heterocycles. The van der Waals surface area contributed by atoms with Crippen LogP contribution in [0.1, 0.15) is 19.8 Å². The van der Waals surface area contributed by atoms with Gasteiger partial charge >= 0.3 is 5.97 Å². The first-order valence-corrected chi connectivity index (χ1v) is 8.26. The van der Waals surface area contributed by atoms with Crippen LogP contribution >= 0.6 is 23.2 Å². The van der Waals surface area contributed by atoms with Crippen LogP contribution in [0.25, 0.3) is 0 Å². The van der Waals surface area contributed by atoms with Gasteiger partial charge in [0.1, 0.15) is 5.71 Å². The first kappa shape index (κ1) is 18.3. The molecule has 3 amide bonds. The number of benzene rings is 1. The fourth-order valence-corrected chi connectivity index (χ4v) is 3.41. The molecule has 26 heavy (non-hydrogen) atoms. The van der Waals surface area contributed by atoms with Gasteiger partial charge in [-0.1, -0.05) is 23.2 Å². The Hall–Kier alpha value is -2.45. The van der Waals surface area contributed by atoms with Crippen molar-refractivity contribution in [1.29, 1.82) is 0 Å². The molecule has 1 aromatic carbocycles. The largest absolute Gasteiger partial charge is 0.464 e. The van der Waals surface area contributed by atoms with E-state index < -0.39 is 29.2 Å². The summed E-state index contributed by atoms with van der Waals surface area (Å²) in [6, 6.07) is 4.31. The van der Waals surface area contributed by atoms with Crippen molar-refractivity contribution in [3.05, 3.63) is 28.2 Å². The van der Waals surface area contributed by atoms with Crippen LogP contribution in [-0.2, 0) is 23.9 Å². The molecule has 0 unspecified atom stereocenters. The molecular weight excluding hydrogens is 385 g/mol. The lowest BCUT2D eigenvalue weighted by molar-refractivity contribution is -0.141. The van der Waals surface area contributed by atoms with Gasteiger partial charge in [0.25, 0.3) is 5.91 Å². The molecule has 8 nitrogen and oxygen atoms in total. The first-order chi connectivity index (χ1) is 12.2. The Bertz CT molecular complexity index is 885. The van der Waals surface area contributed by atoms with Gasteiger partial charge in [0.2, 0.25) is 11.8 Å². The number of methoxy groups -OCH3 is 1. The van der Waals surface area contributed by atoms with E-state index in [9.17, 15) is 19.2 Å². The van der Waals surface area contributed by atoms with Crippen molar-refractivity contribution in [3.63, 3.8) is 0 Å². The number of amides is 3. The predicted molar refractivity (Wildman–Crippen MR) is 92.9 cm³/mol. The molecule has 0 bridgehead atoms. The van der Waals surface area contributed by atoms with E-state index in [1.54, 1.807) is 0 Å². The summed E-state index contributed by atoms with van der Waals surface area (Å²) >= 11 is 11.8. The van der Waals surface area contributed by atoms with Crippen LogP contribution in [0.2, 0.25) is 10.0 Å². The Balaban J connectivity index is 2.03. The molecule has 0 aromatic heterocycles. The number of hydrogen-bond acceptors (Lipinski definition) is 6. The van der Waals surface area contributed by atoms with Crippen LogP contribution < -0.4 is 4.90 Å². The quantitative estimate of drug-likeness (QED) is 0.559. The van der Waals surface area contributed by atoms with Gasteiger partial charge in [-0.15, -0.1) is 0 Å². The van der Waals surface area contributed by atoms with E-state index in [0.717, 1.165) is 17.0 Å². The van der Waals surface area contributed by atoms with E-state index >= 15 is 0 Å². The molecular formula is C16H13Cl2N3O5. The smallest absolute Gasteiger partial charge is 0.354 e. The Morgan fingerprint density at radius 2 is 1.88 bits per heavy atom. The fourth-order valence-electron chi connectivity index (χ4n) is 3.12. The molecule has 0 N–H and O–H groups in total. The number of hydrogen-bond donors (Lipinski definition) is 0. The molecule has 0 saturated carbocycles. The SMILES string of the molecule is COC(=O)C1=NN(C(C)=O)[C@@]2(CC(=O)N(c3ccc(Cl)c(Cl)c3)C2=O)C1. The number of esters is 1. The van der Waals surface area contributed by atoms with Crippen LogP contribution in [0.15, 0.2) is 23.3 Å². The van der Waals surface area contributed by atoms with E-state index in [4.69, 9.17) is 23.2 Å². The number of imide groups is 1. The molecule has 1 saturated heterocycles. The summed E-state index contributed by atoms with van der Waals surface area (Å²) in [5.74, 6) is -2.54. The van der Waals surface area contributed by atoms with Gasteiger partial charge in [0.05, 0.1) is 29.3 Å². The molecule has 2 aliphatic rings. The highest BCUT2D eigenvalue weighted by Crippen LogP contribution is 2.41. The van der Waals surface area contributed by atoms with Gasteiger partial charge in [0.15, 0.2) is 5.54 Å². The Labute approximate surface area is 158 Å².